The highest BCUT2D eigenvalue weighted by molar-refractivity contribution is 8.00. The van der Waals surface area contributed by atoms with Gasteiger partial charge in [0.15, 0.2) is 0 Å². The van der Waals surface area contributed by atoms with E-state index in [1.807, 2.05) is 24.4 Å². The molecule has 0 spiro atoms. The van der Waals surface area contributed by atoms with Crippen LogP contribution in [0.4, 0.5) is 0 Å². The van der Waals surface area contributed by atoms with Gasteiger partial charge in [-0.1, -0.05) is 17.8 Å². The fraction of sp³-hybridized carbons (Fsp3) is 0.267. The van der Waals surface area contributed by atoms with E-state index in [4.69, 9.17) is 8.83 Å². The monoisotopic (exact) mass is 349 g/mol. The second kappa shape index (κ2) is 7.01. The van der Waals surface area contributed by atoms with Crippen molar-refractivity contribution >= 4 is 29.0 Å². The van der Waals surface area contributed by atoms with Gasteiger partial charge < -0.3 is 14.2 Å². The van der Waals surface area contributed by atoms with Crippen LogP contribution >= 0.6 is 23.1 Å². The first-order chi connectivity index (χ1) is 11.1. The fourth-order valence-corrected chi connectivity index (χ4v) is 3.26. The van der Waals surface area contributed by atoms with Crippen LogP contribution in [0.15, 0.2) is 43.9 Å². The lowest BCUT2D eigenvalue weighted by Gasteiger charge is -2.08. The molecule has 3 aromatic heterocycles. The second-order valence-corrected chi connectivity index (χ2v) is 7.15. The van der Waals surface area contributed by atoms with Gasteiger partial charge in [-0.3, -0.25) is 4.79 Å². The summed E-state index contributed by atoms with van der Waals surface area (Å²) in [4.78, 5) is 13.2. The summed E-state index contributed by atoms with van der Waals surface area (Å²) in [6.45, 7) is 4.17. The number of aromatic nitrogens is 2. The summed E-state index contributed by atoms with van der Waals surface area (Å²) in [6.07, 6.45) is 1.57. The predicted octanol–water partition coefficient (Wildman–Crippen LogP) is 3.50. The van der Waals surface area contributed by atoms with Crippen LogP contribution in [-0.2, 0) is 11.3 Å². The maximum Gasteiger partial charge on any atom is 0.277 e. The topological polar surface area (TPSA) is 81.2 Å². The molecule has 120 valence electrons. The molecular weight excluding hydrogens is 334 g/mol. The summed E-state index contributed by atoms with van der Waals surface area (Å²) in [5, 5.41) is 12.9. The van der Waals surface area contributed by atoms with Crippen LogP contribution in [-0.4, -0.2) is 21.4 Å². The quantitative estimate of drug-likeness (QED) is 0.686. The van der Waals surface area contributed by atoms with Crippen LogP contribution in [0.25, 0.3) is 11.5 Å². The first kappa shape index (κ1) is 15.8. The summed E-state index contributed by atoms with van der Waals surface area (Å²) in [6, 6.07) is 5.72. The van der Waals surface area contributed by atoms with Gasteiger partial charge in [-0.2, -0.15) is 0 Å². The summed E-state index contributed by atoms with van der Waals surface area (Å²) < 4.78 is 10.8. The Kier molecular flexibility index (Phi) is 4.82. The predicted molar refractivity (Wildman–Crippen MR) is 88.2 cm³/mol. The average molecular weight is 349 g/mol. The van der Waals surface area contributed by atoms with Gasteiger partial charge in [0, 0.05) is 4.88 Å². The van der Waals surface area contributed by atoms with Gasteiger partial charge in [0.25, 0.3) is 11.1 Å². The molecular formula is C15H15N3O3S2. The van der Waals surface area contributed by atoms with Gasteiger partial charge in [0.2, 0.25) is 5.91 Å². The van der Waals surface area contributed by atoms with Crippen LogP contribution < -0.4 is 5.32 Å². The molecule has 0 saturated carbocycles. The SMILES string of the molecule is Cc1occc1-c1nnc(S[C@@H](C)C(=O)NCc2cccs2)o1. The van der Waals surface area contributed by atoms with E-state index in [-0.39, 0.29) is 11.2 Å². The van der Waals surface area contributed by atoms with E-state index in [0.29, 0.717) is 23.4 Å². The molecule has 3 heterocycles. The van der Waals surface area contributed by atoms with E-state index in [2.05, 4.69) is 15.5 Å². The summed E-state index contributed by atoms with van der Waals surface area (Å²) in [5.74, 6) is 1.04. The van der Waals surface area contributed by atoms with Crippen LogP contribution in [0.2, 0.25) is 0 Å². The van der Waals surface area contributed by atoms with Crippen LogP contribution in [0, 0.1) is 6.92 Å². The molecule has 6 nitrogen and oxygen atoms in total. The average Bonchev–Trinajstić information content (AvgIpc) is 3.26. The van der Waals surface area contributed by atoms with Crippen molar-refractivity contribution < 1.29 is 13.6 Å². The number of thiophene rings is 1. The number of hydrogen-bond donors (Lipinski definition) is 1. The van der Waals surface area contributed by atoms with Crippen molar-refractivity contribution in [2.45, 2.75) is 30.9 Å². The van der Waals surface area contributed by atoms with Crippen molar-refractivity contribution in [3.8, 4) is 11.5 Å². The molecule has 0 aliphatic rings. The molecule has 1 N–H and O–H groups in total. The van der Waals surface area contributed by atoms with Crippen molar-refractivity contribution in [3.63, 3.8) is 0 Å². The normalized spacial score (nSPS) is 12.3. The molecule has 1 atom stereocenters. The van der Waals surface area contributed by atoms with Gasteiger partial charge in [-0.15, -0.1) is 21.5 Å². The Morgan fingerprint density at radius 1 is 1.43 bits per heavy atom. The van der Waals surface area contributed by atoms with Gasteiger partial charge >= 0.3 is 0 Å². The number of nitrogens with one attached hydrogen (secondary N) is 1. The summed E-state index contributed by atoms with van der Waals surface area (Å²) in [7, 11) is 0. The molecule has 0 aliphatic heterocycles. The van der Waals surface area contributed by atoms with Gasteiger partial charge in [-0.05, 0) is 31.4 Å². The lowest BCUT2D eigenvalue weighted by atomic mass is 10.3. The highest BCUT2D eigenvalue weighted by Gasteiger charge is 2.19. The smallest absolute Gasteiger partial charge is 0.277 e. The Morgan fingerprint density at radius 3 is 3.00 bits per heavy atom. The number of furan rings is 1. The van der Waals surface area contributed by atoms with E-state index in [1.165, 1.54) is 11.8 Å². The van der Waals surface area contributed by atoms with E-state index >= 15 is 0 Å². The Bertz CT molecular complexity index is 780. The number of aryl methyl sites for hydroxylation is 1. The molecule has 0 bridgehead atoms. The molecule has 0 fully saturated rings. The Labute approximate surface area is 141 Å². The zero-order valence-corrected chi connectivity index (χ0v) is 14.2. The number of carbonyl (C=O) groups excluding carboxylic acids is 1. The van der Waals surface area contributed by atoms with E-state index in [9.17, 15) is 4.79 Å². The molecule has 3 aromatic rings. The number of thioether (sulfide) groups is 1. The van der Waals surface area contributed by atoms with E-state index in [1.54, 1.807) is 30.6 Å². The standard InChI is InChI=1S/C15H15N3O3S2/c1-9-12(5-6-20-9)14-17-18-15(21-14)23-10(2)13(19)16-8-11-4-3-7-22-11/h3-7,10H,8H2,1-2H3,(H,16,19)/t10-/m0/s1. The van der Waals surface area contributed by atoms with Crippen LogP contribution in [0.3, 0.4) is 0 Å². The third kappa shape index (κ3) is 3.83. The fourth-order valence-electron chi connectivity index (χ4n) is 1.91. The molecule has 23 heavy (non-hydrogen) atoms. The minimum atomic E-state index is -0.325. The number of hydrogen-bond acceptors (Lipinski definition) is 7. The van der Waals surface area contributed by atoms with Crippen LogP contribution in [0.1, 0.15) is 17.6 Å². The van der Waals surface area contributed by atoms with Gasteiger partial charge in [0.1, 0.15) is 5.76 Å². The summed E-state index contributed by atoms with van der Waals surface area (Å²) >= 11 is 2.85. The van der Waals surface area contributed by atoms with Crippen LogP contribution in [0.5, 0.6) is 0 Å². The number of rotatable bonds is 6. The number of carbonyl (C=O) groups is 1. The molecule has 8 heteroatoms. The zero-order valence-electron chi connectivity index (χ0n) is 12.6. The second-order valence-electron chi connectivity index (χ2n) is 4.82. The largest absolute Gasteiger partial charge is 0.469 e. The summed E-state index contributed by atoms with van der Waals surface area (Å²) in [5.41, 5.74) is 0.763. The van der Waals surface area contributed by atoms with E-state index < -0.39 is 0 Å². The minimum absolute atomic E-state index is 0.0670. The zero-order chi connectivity index (χ0) is 16.2. The third-order valence-electron chi connectivity index (χ3n) is 3.16. The van der Waals surface area contributed by atoms with E-state index in [0.717, 1.165) is 10.4 Å². The first-order valence-corrected chi connectivity index (χ1v) is 8.74. The Morgan fingerprint density at radius 2 is 2.30 bits per heavy atom. The Balaban J connectivity index is 1.57. The highest BCUT2D eigenvalue weighted by Crippen LogP contribution is 2.28. The lowest BCUT2D eigenvalue weighted by molar-refractivity contribution is -0.120. The van der Waals surface area contributed by atoms with Gasteiger partial charge in [0.05, 0.1) is 23.6 Å². The van der Waals surface area contributed by atoms with Crippen molar-refractivity contribution in [1.29, 1.82) is 0 Å². The van der Waals surface area contributed by atoms with Gasteiger partial charge in [-0.25, -0.2) is 0 Å². The molecule has 0 aliphatic carbocycles. The minimum Gasteiger partial charge on any atom is -0.469 e. The molecule has 1 amide bonds. The highest BCUT2D eigenvalue weighted by atomic mass is 32.2. The molecule has 3 rings (SSSR count). The lowest BCUT2D eigenvalue weighted by Crippen LogP contribution is -2.30. The van der Waals surface area contributed by atoms with Crippen molar-refractivity contribution in [2.24, 2.45) is 0 Å². The maximum absolute atomic E-state index is 12.1. The molecule has 0 unspecified atom stereocenters. The number of nitrogens with zero attached hydrogens (tertiary/aromatic N) is 2. The number of amides is 1. The third-order valence-corrected chi connectivity index (χ3v) is 4.97. The van der Waals surface area contributed by atoms with Crippen molar-refractivity contribution in [2.75, 3.05) is 0 Å². The molecule has 0 aromatic carbocycles. The van der Waals surface area contributed by atoms with Crippen molar-refractivity contribution in [3.05, 3.63) is 40.5 Å². The maximum atomic E-state index is 12.1. The molecule has 0 radical (unpaired) electrons. The molecule has 0 saturated heterocycles. The van der Waals surface area contributed by atoms with Crippen molar-refractivity contribution in [1.82, 2.24) is 15.5 Å². The Hall–Kier alpha value is -2.06. The first-order valence-electron chi connectivity index (χ1n) is 6.98.